The summed E-state index contributed by atoms with van der Waals surface area (Å²) in [5, 5.41) is 6.09. The number of carbonyl (C=O) groups is 1. The number of amides is 1. The molecule has 0 bridgehead atoms. The van der Waals surface area contributed by atoms with Crippen molar-refractivity contribution in [3.63, 3.8) is 0 Å². The SMILES string of the molecule is COc1cc(NC2CCOC2)ccc1NC(=O)OC(C)(C)C. The van der Waals surface area contributed by atoms with Crippen molar-refractivity contribution in [2.45, 2.75) is 38.8 Å². The van der Waals surface area contributed by atoms with E-state index in [-0.39, 0.29) is 0 Å². The molecule has 6 nitrogen and oxygen atoms in total. The van der Waals surface area contributed by atoms with Crippen LogP contribution in [0.4, 0.5) is 16.2 Å². The number of methoxy groups -OCH3 is 1. The summed E-state index contributed by atoms with van der Waals surface area (Å²) < 4.78 is 15.9. The number of nitrogens with one attached hydrogen (secondary N) is 2. The number of hydrogen-bond donors (Lipinski definition) is 2. The highest BCUT2D eigenvalue weighted by Crippen LogP contribution is 2.29. The Bertz CT molecular complexity index is 519. The van der Waals surface area contributed by atoms with E-state index in [1.54, 1.807) is 13.2 Å². The van der Waals surface area contributed by atoms with Crippen molar-refractivity contribution >= 4 is 17.5 Å². The minimum atomic E-state index is -0.540. The van der Waals surface area contributed by atoms with Crippen LogP contribution >= 0.6 is 0 Å². The zero-order valence-electron chi connectivity index (χ0n) is 13.6. The van der Waals surface area contributed by atoms with Gasteiger partial charge in [0.15, 0.2) is 0 Å². The Morgan fingerprint density at radius 3 is 2.73 bits per heavy atom. The number of anilines is 2. The van der Waals surface area contributed by atoms with Crippen molar-refractivity contribution in [1.82, 2.24) is 0 Å². The molecule has 0 aliphatic carbocycles. The standard InChI is InChI=1S/C16H24N2O4/c1-16(2,3)22-15(19)18-13-6-5-11(9-14(13)20-4)17-12-7-8-21-10-12/h5-6,9,12,17H,7-8,10H2,1-4H3,(H,18,19). The van der Waals surface area contributed by atoms with Crippen molar-refractivity contribution in [1.29, 1.82) is 0 Å². The van der Waals surface area contributed by atoms with Gasteiger partial charge in [-0.1, -0.05) is 0 Å². The Balaban J connectivity index is 2.03. The molecule has 1 aromatic carbocycles. The van der Waals surface area contributed by atoms with Gasteiger partial charge in [-0.05, 0) is 39.3 Å². The molecule has 1 aliphatic rings. The van der Waals surface area contributed by atoms with Gasteiger partial charge < -0.3 is 19.5 Å². The van der Waals surface area contributed by atoms with E-state index in [4.69, 9.17) is 14.2 Å². The summed E-state index contributed by atoms with van der Waals surface area (Å²) >= 11 is 0. The van der Waals surface area contributed by atoms with Crippen molar-refractivity contribution in [3.05, 3.63) is 18.2 Å². The van der Waals surface area contributed by atoms with Crippen LogP contribution in [0, 0.1) is 0 Å². The second kappa shape index (κ2) is 6.87. The molecular formula is C16H24N2O4. The zero-order chi connectivity index (χ0) is 16.2. The molecule has 0 saturated carbocycles. The highest BCUT2D eigenvalue weighted by Gasteiger charge is 2.19. The van der Waals surface area contributed by atoms with Crippen molar-refractivity contribution in [2.24, 2.45) is 0 Å². The van der Waals surface area contributed by atoms with E-state index in [1.807, 2.05) is 32.9 Å². The van der Waals surface area contributed by atoms with Gasteiger partial charge >= 0.3 is 6.09 Å². The quantitative estimate of drug-likeness (QED) is 0.893. The lowest BCUT2D eigenvalue weighted by molar-refractivity contribution is 0.0635. The van der Waals surface area contributed by atoms with Crippen LogP contribution in [0.2, 0.25) is 0 Å². The molecule has 2 N–H and O–H groups in total. The zero-order valence-corrected chi connectivity index (χ0v) is 13.6. The summed E-state index contributed by atoms with van der Waals surface area (Å²) in [7, 11) is 1.57. The fraction of sp³-hybridized carbons (Fsp3) is 0.562. The van der Waals surface area contributed by atoms with E-state index in [0.29, 0.717) is 24.1 Å². The Kier molecular flexibility index (Phi) is 5.13. The maximum Gasteiger partial charge on any atom is 0.412 e. The first-order valence-corrected chi connectivity index (χ1v) is 7.40. The van der Waals surface area contributed by atoms with Crippen LogP contribution in [0.15, 0.2) is 18.2 Å². The number of carbonyl (C=O) groups excluding carboxylic acids is 1. The fourth-order valence-corrected chi connectivity index (χ4v) is 2.18. The van der Waals surface area contributed by atoms with E-state index in [1.165, 1.54) is 0 Å². The summed E-state index contributed by atoms with van der Waals surface area (Å²) in [5.41, 5.74) is 0.966. The highest BCUT2D eigenvalue weighted by molar-refractivity contribution is 5.87. The molecule has 0 radical (unpaired) electrons. The fourth-order valence-electron chi connectivity index (χ4n) is 2.18. The monoisotopic (exact) mass is 308 g/mol. The lowest BCUT2D eigenvalue weighted by Crippen LogP contribution is -2.27. The number of benzene rings is 1. The third-order valence-corrected chi connectivity index (χ3v) is 3.14. The van der Waals surface area contributed by atoms with Crippen LogP contribution in [0.3, 0.4) is 0 Å². The molecule has 1 unspecified atom stereocenters. The molecule has 1 heterocycles. The van der Waals surface area contributed by atoms with Crippen LogP contribution in [0.5, 0.6) is 5.75 Å². The number of rotatable bonds is 4. The molecule has 1 amide bonds. The van der Waals surface area contributed by atoms with Crippen LogP contribution in [-0.2, 0) is 9.47 Å². The van der Waals surface area contributed by atoms with Gasteiger partial charge in [-0.15, -0.1) is 0 Å². The molecule has 1 saturated heterocycles. The maximum absolute atomic E-state index is 11.8. The van der Waals surface area contributed by atoms with Crippen LogP contribution in [0.25, 0.3) is 0 Å². The average Bonchev–Trinajstić information content (AvgIpc) is 2.91. The molecule has 1 fully saturated rings. The summed E-state index contributed by atoms with van der Waals surface area (Å²) in [5.74, 6) is 0.578. The average molecular weight is 308 g/mol. The first-order valence-electron chi connectivity index (χ1n) is 7.40. The molecule has 2 rings (SSSR count). The van der Waals surface area contributed by atoms with Crippen molar-refractivity contribution in [2.75, 3.05) is 31.0 Å². The minimum Gasteiger partial charge on any atom is -0.494 e. The molecule has 122 valence electrons. The Morgan fingerprint density at radius 1 is 1.36 bits per heavy atom. The van der Waals surface area contributed by atoms with Crippen molar-refractivity contribution < 1.29 is 19.0 Å². The lowest BCUT2D eigenvalue weighted by atomic mass is 10.2. The third kappa shape index (κ3) is 4.80. The lowest BCUT2D eigenvalue weighted by Gasteiger charge is -2.20. The molecule has 6 heteroatoms. The molecule has 1 atom stereocenters. The van der Waals surface area contributed by atoms with Gasteiger partial charge in [0, 0.05) is 18.4 Å². The molecule has 22 heavy (non-hydrogen) atoms. The smallest absolute Gasteiger partial charge is 0.412 e. The topological polar surface area (TPSA) is 68.8 Å². The Hall–Kier alpha value is -1.95. The van der Waals surface area contributed by atoms with E-state index in [0.717, 1.165) is 18.7 Å². The molecular weight excluding hydrogens is 284 g/mol. The van der Waals surface area contributed by atoms with E-state index in [9.17, 15) is 4.79 Å². The van der Waals surface area contributed by atoms with Gasteiger partial charge in [-0.25, -0.2) is 4.79 Å². The summed E-state index contributed by atoms with van der Waals surface area (Å²) in [4.78, 5) is 11.8. The summed E-state index contributed by atoms with van der Waals surface area (Å²) in [6.45, 7) is 6.95. The third-order valence-electron chi connectivity index (χ3n) is 3.14. The largest absolute Gasteiger partial charge is 0.494 e. The van der Waals surface area contributed by atoms with Crippen LogP contribution in [-0.4, -0.2) is 38.1 Å². The van der Waals surface area contributed by atoms with Crippen molar-refractivity contribution in [3.8, 4) is 5.75 Å². The van der Waals surface area contributed by atoms with Gasteiger partial charge in [0.25, 0.3) is 0 Å². The van der Waals surface area contributed by atoms with Gasteiger partial charge in [0.2, 0.25) is 0 Å². The van der Waals surface area contributed by atoms with E-state index < -0.39 is 11.7 Å². The number of ether oxygens (including phenoxy) is 3. The van der Waals surface area contributed by atoms with Gasteiger partial charge in [-0.3, -0.25) is 5.32 Å². The first-order chi connectivity index (χ1) is 10.4. The Morgan fingerprint density at radius 2 is 2.14 bits per heavy atom. The van der Waals surface area contributed by atoms with Crippen LogP contribution < -0.4 is 15.4 Å². The van der Waals surface area contributed by atoms with Gasteiger partial charge in [-0.2, -0.15) is 0 Å². The molecule has 1 aliphatic heterocycles. The van der Waals surface area contributed by atoms with Gasteiger partial charge in [0.05, 0.1) is 25.4 Å². The Labute approximate surface area is 131 Å². The minimum absolute atomic E-state index is 0.314. The highest BCUT2D eigenvalue weighted by atomic mass is 16.6. The predicted octanol–water partition coefficient (Wildman–Crippen LogP) is 3.24. The molecule has 0 aromatic heterocycles. The van der Waals surface area contributed by atoms with Gasteiger partial charge in [0.1, 0.15) is 11.4 Å². The van der Waals surface area contributed by atoms with Crippen LogP contribution in [0.1, 0.15) is 27.2 Å². The first kappa shape index (κ1) is 16.4. The molecule has 0 spiro atoms. The maximum atomic E-state index is 11.8. The number of hydrogen-bond acceptors (Lipinski definition) is 5. The normalized spacial score (nSPS) is 17.9. The second-order valence-corrected chi connectivity index (χ2v) is 6.25. The summed E-state index contributed by atoms with van der Waals surface area (Å²) in [6.07, 6.45) is 0.482. The molecule has 1 aromatic rings. The van der Waals surface area contributed by atoms with E-state index in [2.05, 4.69) is 10.6 Å². The second-order valence-electron chi connectivity index (χ2n) is 6.25. The predicted molar refractivity (Wildman–Crippen MR) is 85.7 cm³/mol. The summed E-state index contributed by atoms with van der Waals surface area (Å²) in [6, 6.07) is 5.86. The van der Waals surface area contributed by atoms with E-state index >= 15 is 0 Å².